The minimum absolute atomic E-state index is 0.735. The van der Waals surface area contributed by atoms with Crippen molar-refractivity contribution in [2.75, 3.05) is 0 Å². The molecule has 168 valence electrons. The second kappa shape index (κ2) is 8.44. The molecule has 7 rings (SSSR count). The predicted molar refractivity (Wildman–Crippen MR) is 151 cm³/mol. The molecule has 0 radical (unpaired) electrons. The van der Waals surface area contributed by atoms with E-state index in [1.807, 2.05) is 6.07 Å². The van der Waals surface area contributed by atoms with E-state index in [2.05, 4.69) is 125 Å². The fourth-order valence-electron chi connectivity index (χ4n) is 5.34. The van der Waals surface area contributed by atoms with Crippen LogP contribution in [0.2, 0.25) is 0 Å². The molecule has 0 aliphatic heterocycles. The van der Waals surface area contributed by atoms with E-state index in [4.69, 9.17) is 0 Å². The van der Waals surface area contributed by atoms with E-state index in [9.17, 15) is 0 Å². The smallest absolute Gasteiger partial charge is 0.159 e. The lowest BCUT2D eigenvalue weighted by Crippen LogP contribution is -1.93. The Morgan fingerprint density at radius 3 is 1.75 bits per heavy atom. The quantitative estimate of drug-likeness (QED) is 0.247. The number of rotatable bonds is 3. The molecule has 0 saturated heterocycles. The van der Waals surface area contributed by atoms with Gasteiger partial charge in [0.1, 0.15) is 0 Å². The number of hydrogen-bond acceptors (Lipinski definition) is 2. The maximum atomic E-state index is 4.53. The van der Waals surface area contributed by atoms with Crippen LogP contribution in [0.25, 0.3) is 66.0 Å². The monoisotopic (exact) mass is 458 g/mol. The van der Waals surface area contributed by atoms with Crippen molar-refractivity contribution in [3.63, 3.8) is 0 Å². The Morgan fingerprint density at radius 2 is 0.972 bits per heavy atom. The summed E-state index contributed by atoms with van der Waals surface area (Å²) in [6.07, 6.45) is 3.60. The normalized spacial score (nSPS) is 11.3. The lowest BCUT2D eigenvalue weighted by molar-refractivity contribution is 1.18. The third-order valence-corrected chi connectivity index (χ3v) is 6.95. The van der Waals surface area contributed by atoms with Gasteiger partial charge in [-0.15, -0.1) is 0 Å². The summed E-state index contributed by atoms with van der Waals surface area (Å²) in [5.41, 5.74) is 5.93. The molecule has 0 aliphatic carbocycles. The summed E-state index contributed by atoms with van der Waals surface area (Å²) in [6, 6.07) is 43.3. The van der Waals surface area contributed by atoms with Crippen molar-refractivity contribution >= 4 is 32.3 Å². The number of hydrogen-bond donors (Lipinski definition) is 0. The van der Waals surface area contributed by atoms with Crippen molar-refractivity contribution in [3.05, 3.63) is 134 Å². The number of nitrogens with zero attached hydrogens (tertiary/aromatic N) is 2. The number of benzene rings is 6. The third kappa shape index (κ3) is 3.35. The van der Waals surface area contributed by atoms with E-state index < -0.39 is 0 Å². The highest BCUT2D eigenvalue weighted by atomic mass is 14.8. The minimum Gasteiger partial charge on any atom is -0.237 e. The Bertz CT molecular complexity index is 1870. The summed E-state index contributed by atoms with van der Waals surface area (Å²) in [4.78, 5) is 9.06. The van der Waals surface area contributed by atoms with E-state index in [1.54, 1.807) is 12.4 Å². The van der Waals surface area contributed by atoms with Gasteiger partial charge in [0.25, 0.3) is 0 Å². The van der Waals surface area contributed by atoms with Crippen LogP contribution in [-0.2, 0) is 0 Å². The van der Waals surface area contributed by atoms with Gasteiger partial charge in [-0.1, -0.05) is 103 Å². The molecule has 1 heterocycles. The van der Waals surface area contributed by atoms with Gasteiger partial charge in [-0.3, -0.25) is 0 Å². The first-order valence-electron chi connectivity index (χ1n) is 12.2. The van der Waals surface area contributed by atoms with Crippen LogP contribution in [0, 0.1) is 0 Å². The van der Waals surface area contributed by atoms with Crippen LogP contribution in [0.3, 0.4) is 0 Å². The van der Waals surface area contributed by atoms with E-state index in [1.165, 1.54) is 54.6 Å². The van der Waals surface area contributed by atoms with Crippen LogP contribution >= 0.6 is 0 Å². The van der Waals surface area contributed by atoms with E-state index in [0.717, 1.165) is 11.4 Å². The van der Waals surface area contributed by atoms with Crippen LogP contribution < -0.4 is 0 Å². The summed E-state index contributed by atoms with van der Waals surface area (Å²) in [5.74, 6) is 0.735. The van der Waals surface area contributed by atoms with Crippen molar-refractivity contribution < 1.29 is 0 Å². The summed E-state index contributed by atoms with van der Waals surface area (Å²) < 4.78 is 0. The average Bonchev–Trinajstić information content (AvgIpc) is 2.96. The van der Waals surface area contributed by atoms with E-state index >= 15 is 0 Å². The fourth-order valence-corrected chi connectivity index (χ4v) is 5.34. The zero-order chi connectivity index (χ0) is 23.9. The zero-order valence-corrected chi connectivity index (χ0v) is 19.6. The highest BCUT2D eigenvalue weighted by Gasteiger charge is 2.17. The van der Waals surface area contributed by atoms with Crippen LogP contribution in [0.5, 0.6) is 0 Å². The average molecular weight is 459 g/mol. The molecule has 0 fully saturated rings. The molecule has 7 aromatic rings. The molecular weight excluding hydrogens is 436 g/mol. The molecule has 2 nitrogen and oxygen atoms in total. The Kier molecular flexibility index (Phi) is 4.82. The largest absolute Gasteiger partial charge is 0.237 e. The van der Waals surface area contributed by atoms with Crippen LogP contribution in [-0.4, -0.2) is 9.97 Å². The molecule has 1 aromatic heterocycles. The van der Waals surface area contributed by atoms with Crippen molar-refractivity contribution in [2.45, 2.75) is 0 Å². The Labute approximate surface area is 209 Å². The first-order chi connectivity index (χ1) is 17.9. The van der Waals surface area contributed by atoms with Crippen molar-refractivity contribution in [2.24, 2.45) is 0 Å². The third-order valence-electron chi connectivity index (χ3n) is 6.95. The number of fused-ring (bicyclic) bond motifs is 3. The van der Waals surface area contributed by atoms with E-state index in [0.29, 0.717) is 0 Å². The maximum absolute atomic E-state index is 4.53. The lowest BCUT2D eigenvalue weighted by atomic mass is 9.85. The molecule has 0 saturated carbocycles. The first-order valence-corrected chi connectivity index (χ1v) is 12.2. The second-order valence-electron chi connectivity index (χ2n) is 9.06. The van der Waals surface area contributed by atoms with Crippen LogP contribution in [0.4, 0.5) is 0 Å². The molecule has 0 unspecified atom stereocenters. The molecule has 0 atom stereocenters. The molecule has 2 heteroatoms. The highest BCUT2D eigenvalue weighted by Crippen LogP contribution is 2.44. The van der Waals surface area contributed by atoms with Crippen molar-refractivity contribution in [3.8, 4) is 33.6 Å². The topological polar surface area (TPSA) is 25.8 Å². The van der Waals surface area contributed by atoms with Gasteiger partial charge in [0.05, 0.1) is 0 Å². The summed E-state index contributed by atoms with van der Waals surface area (Å²) in [7, 11) is 0. The second-order valence-corrected chi connectivity index (χ2v) is 9.06. The SMILES string of the molecule is c1ccc(-c2c3ccccc3c(-c3ccc4ccccc4c3)c3cc(-c4ncccn4)ccc23)cc1. The van der Waals surface area contributed by atoms with Crippen molar-refractivity contribution in [1.82, 2.24) is 9.97 Å². The van der Waals surface area contributed by atoms with E-state index in [-0.39, 0.29) is 0 Å². The number of aromatic nitrogens is 2. The highest BCUT2D eigenvalue weighted by molar-refractivity contribution is 6.22. The molecule has 36 heavy (non-hydrogen) atoms. The zero-order valence-electron chi connectivity index (χ0n) is 19.6. The molecule has 0 amide bonds. The summed E-state index contributed by atoms with van der Waals surface area (Å²) in [6.45, 7) is 0. The van der Waals surface area contributed by atoms with Gasteiger partial charge < -0.3 is 0 Å². The Hall–Kier alpha value is -4.82. The van der Waals surface area contributed by atoms with Crippen LogP contribution in [0.15, 0.2) is 134 Å². The Morgan fingerprint density at radius 1 is 0.361 bits per heavy atom. The Balaban J connectivity index is 1.64. The van der Waals surface area contributed by atoms with Crippen molar-refractivity contribution in [1.29, 1.82) is 0 Å². The van der Waals surface area contributed by atoms with Gasteiger partial charge in [0.2, 0.25) is 0 Å². The lowest BCUT2D eigenvalue weighted by Gasteiger charge is -2.18. The molecule has 0 N–H and O–H groups in total. The first kappa shape index (κ1) is 20.5. The molecule has 0 aliphatic rings. The van der Waals surface area contributed by atoms with Gasteiger partial charge in [0, 0.05) is 18.0 Å². The summed E-state index contributed by atoms with van der Waals surface area (Å²) >= 11 is 0. The van der Waals surface area contributed by atoms with Gasteiger partial charge in [-0.2, -0.15) is 0 Å². The van der Waals surface area contributed by atoms with Crippen LogP contribution in [0.1, 0.15) is 0 Å². The van der Waals surface area contributed by atoms with Gasteiger partial charge in [-0.05, 0) is 72.8 Å². The maximum Gasteiger partial charge on any atom is 0.159 e. The molecular formula is C34H22N2. The fraction of sp³-hybridized carbons (Fsp3) is 0. The van der Waals surface area contributed by atoms with Gasteiger partial charge >= 0.3 is 0 Å². The standard InChI is InChI=1S/C34H22N2/c1-2-10-24(11-3-1)32-28-13-6-7-14-29(28)33(26-16-15-23-9-4-5-12-25(23)21-26)31-22-27(17-18-30(31)32)34-35-19-8-20-36-34/h1-22H. The minimum atomic E-state index is 0.735. The molecule has 0 bridgehead atoms. The molecule has 6 aromatic carbocycles. The van der Waals surface area contributed by atoms with Gasteiger partial charge in [0.15, 0.2) is 5.82 Å². The molecule has 0 spiro atoms. The van der Waals surface area contributed by atoms with Gasteiger partial charge in [-0.25, -0.2) is 9.97 Å². The summed E-state index contributed by atoms with van der Waals surface area (Å²) in [5, 5.41) is 7.40. The predicted octanol–water partition coefficient (Wildman–Crippen LogP) is 8.94.